The first kappa shape index (κ1) is 26.8. The van der Waals surface area contributed by atoms with E-state index in [-0.39, 0.29) is 0 Å². The van der Waals surface area contributed by atoms with Crippen molar-refractivity contribution in [3.8, 4) is 0 Å². The highest BCUT2D eigenvalue weighted by Crippen LogP contribution is 2.21. The molecule has 0 atom stereocenters. The first-order chi connectivity index (χ1) is 17.9. The topological polar surface area (TPSA) is 23.4 Å². The Kier molecular flexibility index (Phi) is 9.26. The van der Waals surface area contributed by atoms with Gasteiger partial charge in [0.25, 0.3) is 0 Å². The Morgan fingerprint density at radius 3 is 2.27 bits per heavy atom. The number of thiocarbonyl (C=S) groups is 1. The highest BCUT2D eigenvalue weighted by Gasteiger charge is 2.15. The molecule has 4 nitrogen and oxygen atoms in total. The molecular formula is C31H35ClN4S. The summed E-state index contributed by atoms with van der Waals surface area (Å²) in [6.45, 7) is 7.55. The second-order valence-corrected chi connectivity index (χ2v) is 10.3. The van der Waals surface area contributed by atoms with Crippen molar-refractivity contribution in [3.63, 3.8) is 0 Å². The Balaban J connectivity index is 1.49. The van der Waals surface area contributed by atoms with Gasteiger partial charge in [0.2, 0.25) is 0 Å². The highest BCUT2D eigenvalue weighted by atomic mass is 35.5. The number of rotatable bonds is 10. The van der Waals surface area contributed by atoms with Gasteiger partial charge in [-0.25, -0.2) is 0 Å². The van der Waals surface area contributed by atoms with Crippen LogP contribution < -0.4 is 10.2 Å². The number of hydrogen-bond acceptors (Lipinski definition) is 2. The van der Waals surface area contributed by atoms with Crippen LogP contribution in [0, 0.1) is 13.8 Å². The fraction of sp³-hybridized carbons (Fsp3) is 0.258. The number of anilines is 2. The van der Waals surface area contributed by atoms with Crippen molar-refractivity contribution in [2.24, 2.45) is 0 Å². The predicted octanol–water partition coefficient (Wildman–Crippen LogP) is 7.53. The van der Waals surface area contributed by atoms with Gasteiger partial charge in [0.15, 0.2) is 5.11 Å². The van der Waals surface area contributed by atoms with Gasteiger partial charge >= 0.3 is 0 Å². The zero-order valence-corrected chi connectivity index (χ0v) is 23.4. The molecule has 1 N–H and O–H groups in total. The van der Waals surface area contributed by atoms with E-state index in [4.69, 9.17) is 23.8 Å². The minimum atomic E-state index is 0.729. The standard InChI is InChI=1S/C31H35ClN4S/c1-24-10-7-11-25(2)30(24)33-31(37)36(21-9-19-34(3)28-12-5-4-6-13-28)23-29-14-8-20-35(29)22-26-15-17-27(32)18-16-26/h4-8,10-18,20H,9,19,21-23H2,1-3H3,(H,33,37). The molecule has 0 aliphatic rings. The molecule has 0 amide bonds. The van der Waals surface area contributed by atoms with E-state index in [0.29, 0.717) is 0 Å². The molecule has 0 unspecified atom stereocenters. The number of nitrogens with zero attached hydrogens (tertiary/aromatic N) is 3. The van der Waals surface area contributed by atoms with Crippen molar-refractivity contribution in [2.75, 3.05) is 30.4 Å². The number of nitrogens with one attached hydrogen (secondary N) is 1. The first-order valence-electron chi connectivity index (χ1n) is 12.7. The summed E-state index contributed by atoms with van der Waals surface area (Å²) >= 11 is 12.1. The van der Waals surface area contributed by atoms with E-state index in [9.17, 15) is 0 Å². The van der Waals surface area contributed by atoms with Gasteiger partial charge in [0.05, 0.1) is 6.54 Å². The summed E-state index contributed by atoms with van der Waals surface area (Å²) in [5, 5.41) is 5.06. The second kappa shape index (κ2) is 12.8. The summed E-state index contributed by atoms with van der Waals surface area (Å²) in [5.74, 6) is 0. The van der Waals surface area contributed by atoms with Gasteiger partial charge in [-0.05, 0) is 85.6 Å². The number of benzene rings is 3. The third kappa shape index (κ3) is 7.37. The van der Waals surface area contributed by atoms with E-state index in [1.54, 1.807) is 0 Å². The number of halogens is 1. The van der Waals surface area contributed by atoms with E-state index in [2.05, 4.69) is 120 Å². The summed E-state index contributed by atoms with van der Waals surface area (Å²) in [4.78, 5) is 4.58. The molecule has 0 saturated heterocycles. The lowest BCUT2D eigenvalue weighted by atomic mass is 10.1. The largest absolute Gasteiger partial charge is 0.375 e. The van der Waals surface area contributed by atoms with Gasteiger partial charge < -0.3 is 19.7 Å². The molecule has 192 valence electrons. The maximum Gasteiger partial charge on any atom is 0.173 e. The van der Waals surface area contributed by atoms with Crippen molar-refractivity contribution in [2.45, 2.75) is 33.4 Å². The summed E-state index contributed by atoms with van der Waals surface area (Å²) in [6, 6.07) is 29.2. The fourth-order valence-electron chi connectivity index (χ4n) is 4.49. The van der Waals surface area contributed by atoms with Crippen LogP contribution in [0.5, 0.6) is 0 Å². The average molecular weight is 531 g/mol. The van der Waals surface area contributed by atoms with Crippen LogP contribution >= 0.6 is 23.8 Å². The molecule has 4 rings (SSSR count). The molecule has 4 aromatic rings. The van der Waals surface area contributed by atoms with Gasteiger partial charge in [-0.15, -0.1) is 0 Å². The van der Waals surface area contributed by atoms with Crippen LogP contribution in [-0.4, -0.2) is 34.7 Å². The maximum absolute atomic E-state index is 6.09. The average Bonchev–Trinajstić information content (AvgIpc) is 3.33. The number of hydrogen-bond donors (Lipinski definition) is 1. The zero-order valence-electron chi connectivity index (χ0n) is 21.8. The minimum Gasteiger partial charge on any atom is -0.375 e. The van der Waals surface area contributed by atoms with Crippen molar-refractivity contribution in [3.05, 3.63) is 119 Å². The van der Waals surface area contributed by atoms with Crippen LogP contribution in [-0.2, 0) is 13.1 Å². The lowest BCUT2D eigenvalue weighted by Crippen LogP contribution is -2.37. The number of aryl methyl sites for hydroxylation is 2. The lowest BCUT2D eigenvalue weighted by molar-refractivity contribution is 0.399. The zero-order chi connectivity index (χ0) is 26.2. The molecule has 0 spiro atoms. The fourth-order valence-corrected chi connectivity index (χ4v) is 4.87. The van der Waals surface area contributed by atoms with E-state index in [1.165, 1.54) is 28.1 Å². The van der Waals surface area contributed by atoms with Crippen molar-refractivity contribution in [1.82, 2.24) is 9.47 Å². The van der Waals surface area contributed by atoms with Crippen LogP contribution in [0.25, 0.3) is 0 Å². The molecule has 3 aromatic carbocycles. The van der Waals surface area contributed by atoms with Crippen LogP contribution in [0.1, 0.15) is 28.8 Å². The van der Waals surface area contributed by atoms with E-state index in [1.807, 2.05) is 12.1 Å². The summed E-state index contributed by atoms with van der Waals surface area (Å²) < 4.78 is 2.29. The van der Waals surface area contributed by atoms with Crippen molar-refractivity contribution >= 4 is 40.3 Å². The monoisotopic (exact) mass is 530 g/mol. The van der Waals surface area contributed by atoms with Gasteiger partial charge in [0, 0.05) is 55.0 Å². The summed E-state index contributed by atoms with van der Waals surface area (Å²) in [5.41, 5.74) is 7.14. The second-order valence-electron chi connectivity index (χ2n) is 9.48. The SMILES string of the molecule is Cc1cccc(C)c1NC(=S)N(CCCN(C)c1ccccc1)Cc1cccn1Cc1ccc(Cl)cc1. The van der Waals surface area contributed by atoms with E-state index >= 15 is 0 Å². The molecule has 1 heterocycles. The minimum absolute atomic E-state index is 0.729. The highest BCUT2D eigenvalue weighted by molar-refractivity contribution is 7.80. The molecule has 0 aliphatic carbocycles. The molecule has 0 fully saturated rings. The summed E-state index contributed by atoms with van der Waals surface area (Å²) in [7, 11) is 2.14. The third-order valence-electron chi connectivity index (χ3n) is 6.66. The Morgan fingerprint density at radius 2 is 1.57 bits per heavy atom. The lowest BCUT2D eigenvalue weighted by Gasteiger charge is -2.29. The van der Waals surface area contributed by atoms with Crippen LogP contribution in [0.2, 0.25) is 5.02 Å². The van der Waals surface area contributed by atoms with Gasteiger partial charge in [-0.3, -0.25) is 0 Å². The number of aromatic nitrogens is 1. The van der Waals surface area contributed by atoms with Crippen LogP contribution in [0.3, 0.4) is 0 Å². The Hall–Kier alpha value is -3.28. The molecule has 0 saturated carbocycles. The molecular weight excluding hydrogens is 496 g/mol. The third-order valence-corrected chi connectivity index (χ3v) is 7.27. The molecule has 37 heavy (non-hydrogen) atoms. The molecule has 1 aromatic heterocycles. The molecule has 0 bridgehead atoms. The Bertz CT molecular complexity index is 1280. The molecule has 6 heteroatoms. The first-order valence-corrected chi connectivity index (χ1v) is 13.5. The van der Waals surface area contributed by atoms with Crippen molar-refractivity contribution < 1.29 is 0 Å². The molecule has 0 radical (unpaired) electrons. The Labute approximate surface area is 231 Å². The smallest absolute Gasteiger partial charge is 0.173 e. The van der Waals surface area contributed by atoms with Crippen LogP contribution in [0.15, 0.2) is 91.1 Å². The van der Waals surface area contributed by atoms with E-state index < -0.39 is 0 Å². The quantitative estimate of drug-likeness (QED) is 0.214. The van der Waals surface area contributed by atoms with Gasteiger partial charge in [0.1, 0.15) is 0 Å². The Morgan fingerprint density at radius 1 is 0.865 bits per heavy atom. The molecule has 0 aliphatic heterocycles. The maximum atomic E-state index is 6.09. The van der Waals surface area contributed by atoms with Gasteiger partial charge in [-0.1, -0.05) is 60.1 Å². The van der Waals surface area contributed by atoms with Crippen molar-refractivity contribution in [1.29, 1.82) is 0 Å². The van der Waals surface area contributed by atoms with E-state index in [0.717, 1.165) is 48.4 Å². The van der Waals surface area contributed by atoms with Crippen LogP contribution in [0.4, 0.5) is 11.4 Å². The predicted molar refractivity (Wildman–Crippen MR) is 162 cm³/mol. The number of para-hydroxylation sites is 2. The van der Waals surface area contributed by atoms with Gasteiger partial charge in [-0.2, -0.15) is 0 Å². The normalized spacial score (nSPS) is 10.8. The summed E-state index contributed by atoms with van der Waals surface area (Å²) in [6.07, 6.45) is 3.12.